The van der Waals surface area contributed by atoms with Gasteiger partial charge in [-0.05, 0) is 41.8 Å². The summed E-state index contributed by atoms with van der Waals surface area (Å²) in [6, 6.07) is 11.0. The molecule has 21 heavy (non-hydrogen) atoms. The minimum atomic E-state index is -0.773. The molecule has 0 radical (unpaired) electrons. The third-order valence-corrected chi connectivity index (χ3v) is 5.15. The van der Waals surface area contributed by atoms with E-state index in [2.05, 4.69) is 15.9 Å². The smallest absolute Gasteiger partial charge is 0.0874 e. The Morgan fingerprint density at radius 3 is 2.29 bits per heavy atom. The first-order valence-corrected chi connectivity index (χ1v) is 8.09. The average Bonchev–Trinajstić information content (AvgIpc) is 2.45. The fourth-order valence-corrected chi connectivity index (χ4v) is 3.49. The van der Waals surface area contributed by atoms with Gasteiger partial charge in [0.15, 0.2) is 0 Å². The van der Waals surface area contributed by atoms with Gasteiger partial charge in [-0.25, -0.2) is 0 Å². The van der Waals surface area contributed by atoms with E-state index in [4.69, 9.17) is 28.9 Å². The highest BCUT2D eigenvalue weighted by atomic mass is 79.9. The van der Waals surface area contributed by atoms with Crippen LogP contribution < -0.4 is 5.73 Å². The van der Waals surface area contributed by atoms with E-state index < -0.39 is 6.10 Å². The number of aliphatic hydroxyl groups is 1. The van der Waals surface area contributed by atoms with Crippen molar-refractivity contribution in [3.8, 4) is 0 Å². The second kappa shape index (κ2) is 7.12. The molecule has 0 amide bonds. The molecular formula is C16H16BrCl2NO. The number of hydrogen-bond acceptors (Lipinski definition) is 2. The summed E-state index contributed by atoms with van der Waals surface area (Å²) in [5.74, 6) is -0.362. The molecule has 0 heterocycles. The standard InChI is InChI=1S/C16H16BrCl2NO/c1-9-10(4-2-5-12(9)17)16(21)11(8-20)15-13(18)6-3-7-14(15)19/h2-7,11,16,21H,8,20H2,1H3. The van der Waals surface area contributed by atoms with Crippen molar-refractivity contribution in [1.82, 2.24) is 0 Å². The molecule has 2 atom stereocenters. The number of benzene rings is 2. The van der Waals surface area contributed by atoms with Crippen molar-refractivity contribution in [2.24, 2.45) is 5.73 Å². The zero-order valence-corrected chi connectivity index (χ0v) is 14.6. The SMILES string of the molecule is Cc1c(Br)cccc1C(O)C(CN)c1c(Cl)cccc1Cl. The van der Waals surface area contributed by atoms with Gasteiger partial charge < -0.3 is 10.8 Å². The largest absolute Gasteiger partial charge is 0.388 e. The van der Waals surface area contributed by atoms with E-state index in [-0.39, 0.29) is 12.5 Å². The van der Waals surface area contributed by atoms with Crippen molar-refractivity contribution in [3.63, 3.8) is 0 Å². The molecule has 0 aliphatic carbocycles. The topological polar surface area (TPSA) is 46.2 Å². The zero-order valence-electron chi connectivity index (χ0n) is 11.5. The maximum atomic E-state index is 10.8. The Morgan fingerprint density at radius 1 is 1.14 bits per heavy atom. The van der Waals surface area contributed by atoms with E-state index in [9.17, 15) is 5.11 Å². The molecule has 112 valence electrons. The summed E-state index contributed by atoms with van der Waals surface area (Å²) in [7, 11) is 0. The molecule has 0 spiro atoms. The molecular weight excluding hydrogens is 373 g/mol. The van der Waals surface area contributed by atoms with E-state index in [1.807, 2.05) is 25.1 Å². The molecule has 2 aromatic rings. The molecule has 2 nitrogen and oxygen atoms in total. The predicted molar refractivity (Wildman–Crippen MR) is 92.1 cm³/mol. The molecule has 2 unspecified atom stereocenters. The molecule has 0 aromatic heterocycles. The van der Waals surface area contributed by atoms with Gasteiger partial charge in [-0.3, -0.25) is 0 Å². The molecule has 0 bridgehead atoms. The molecule has 0 saturated heterocycles. The first kappa shape index (κ1) is 16.8. The summed E-state index contributed by atoms with van der Waals surface area (Å²) in [6.07, 6.45) is -0.773. The first-order valence-electron chi connectivity index (χ1n) is 6.54. The zero-order chi connectivity index (χ0) is 15.6. The third-order valence-electron chi connectivity index (χ3n) is 3.63. The highest BCUT2D eigenvalue weighted by molar-refractivity contribution is 9.10. The van der Waals surface area contributed by atoms with E-state index >= 15 is 0 Å². The van der Waals surface area contributed by atoms with E-state index in [1.165, 1.54) is 0 Å². The minimum absolute atomic E-state index is 0.247. The fourth-order valence-electron chi connectivity index (χ4n) is 2.43. The van der Waals surface area contributed by atoms with Crippen LogP contribution in [0.1, 0.15) is 28.7 Å². The second-order valence-corrected chi connectivity index (χ2v) is 6.55. The predicted octanol–water partition coefficient (Wildman–Crippen LogP) is 4.84. The Bertz CT molecular complexity index is 628. The van der Waals surface area contributed by atoms with Gasteiger partial charge in [0.2, 0.25) is 0 Å². The average molecular weight is 389 g/mol. The Hall–Kier alpha value is -0.580. The van der Waals surface area contributed by atoms with E-state index in [1.54, 1.807) is 18.2 Å². The Balaban J connectivity index is 2.48. The van der Waals surface area contributed by atoms with Gasteiger partial charge in [0.05, 0.1) is 6.10 Å². The van der Waals surface area contributed by atoms with Crippen LogP contribution in [0.15, 0.2) is 40.9 Å². The molecule has 0 aliphatic heterocycles. The summed E-state index contributed by atoms with van der Waals surface area (Å²) in [4.78, 5) is 0. The van der Waals surface area contributed by atoms with Crippen molar-refractivity contribution in [2.45, 2.75) is 18.9 Å². The summed E-state index contributed by atoms with van der Waals surface area (Å²) in [5, 5.41) is 11.8. The number of nitrogens with two attached hydrogens (primary N) is 1. The number of halogens is 3. The van der Waals surface area contributed by atoms with Crippen molar-refractivity contribution in [1.29, 1.82) is 0 Å². The summed E-state index contributed by atoms with van der Waals surface area (Å²) in [6.45, 7) is 2.20. The van der Waals surface area contributed by atoms with Crippen LogP contribution in [-0.2, 0) is 0 Å². The van der Waals surface area contributed by atoms with Crippen LogP contribution >= 0.6 is 39.1 Å². The Morgan fingerprint density at radius 2 is 1.71 bits per heavy atom. The first-order chi connectivity index (χ1) is 9.97. The summed E-state index contributed by atoms with van der Waals surface area (Å²) >= 11 is 16.0. The van der Waals surface area contributed by atoms with Gasteiger partial charge in [0.1, 0.15) is 0 Å². The van der Waals surface area contributed by atoms with E-state index in [0.717, 1.165) is 15.6 Å². The lowest BCUT2D eigenvalue weighted by atomic mass is 9.87. The lowest BCUT2D eigenvalue weighted by Crippen LogP contribution is -2.21. The molecule has 3 N–H and O–H groups in total. The van der Waals surface area contributed by atoms with Gasteiger partial charge >= 0.3 is 0 Å². The quantitative estimate of drug-likeness (QED) is 0.786. The number of hydrogen-bond donors (Lipinski definition) is 2. The van der Waals surface area contributed by atoms with Crippen molar-refractivity contribution in [2.75, 3.05) is 6.54 Å². The normalized spacial score (nSPS) is 14.0. The summed E-state index contributed by atoms with van der Waals surface area (Å²) in [5.41, 5.74) is 8.36. The van der Waals surface area contributed by atoms with Crippen LogP contribution in [0.25, 0.3) is 0 Å². The lowest BCUT2D eigenvalue weighted by Gasteiger charge is -2.25. The maximum absolute atomic E-state index is 10.8. The second-order valence-electron chi connectivity index (χ2n) is 4.88. The minimum Gasteiger partial charge on any atom is -0.388 e. The Labute approximate surface area is 143 Å². The Kier molecular flexibility index (Phi) is 5.69. The van der Waals surface area contributed by atoms with Crippen LogP contribution in [0.5, 0.6) is 0 Å². The number of aliphatic hydroxyl groups excluding tert-OH is 1. The van der Waals surface area contributed by atoms with Gasteiger partial charge in [0, 0.05) is 27.0 Å². The van der Waals surface area contributed by atoms with Crippen LogP contribution in [0.2, 0.25) is 10.0 Å². The number of rotatable bonds is 4. The molecule has 2 rings (SSSR count). The van der Waals surface area contributed by atoms with Crippen LogP contribution in [-0.4, -0.2) is 11.7 Å². The molecule has 0 aliphatic rings. The van der Waals surface area contributed by atoms with Gasteiger partial charge in [-0.2, -0.15) is 0 Å². The van der Waals surface area contributed by atoms with Crippen molar-refractivity contribution >= 4 is 39.1 Å². The van der Waals surface area contributed by atoms with Gasteiger partial charge in [0.25, 0.3) is 0 Å². The monoisotopic (exact) mass is 387 g/mol. The van der Waals surface area contributed by atoms with Crippen LogP contribution in [0.3, 0.4) is 0 Å². The van der Waals surface area contributed by atoms with Crippen molar-refractivity contribution in [3.05, 3.63) is 67.6 Å². The molecule has 5 heteroatoms. The summed E-state index contributed by atoms with van der Waals surface area (Å²) < 4.78 is 0.945. The van der Waals surface area contributed by atoms with E-state index in [0.29, 0.717) is 15.6 Å². The van der Waals surface area contributed by atoms with Crippen molar-refractivity contribution < 1.29 is 5.11 Å². The van der Waals surface area contributed by atoms with Gasteiger partial charge in [-0.1, -0.05) is 57.3 Å². The highest BCUT2D eigenvalue weighted by Gasteiger charge is 2.27. The molecule has 2 aromatic carbocycles. The fraction of sp³-hybridized carbons (Fsp3) is 0.250. The van der Waals surface area contributed by atoms with Crippen LogP contribution in [0.4, 0.5) is 0 Å². The van der Waals surface area contributed by atoms with Gasteiger partial charge in [-0.15, -0.1) is 0 Å². The third kappa shape index (κ3) is 3.43. The lowest BCUT2D eigenvalue weighted by molar-refractivity contribution is 0.147. The molecule has 0 saturated carbocycles. The molecule has 0 fully saturated rings. The maximum Gasteiger partial charge on any atom is 0.0874 e. The van der Waals surface area contributed by atoms with Crippen LogP contribution in [0, 0.1) is 6.92 Å². The highest BCUT2D eigenvalue weighted by Crippen LogP contribution is 2.39.